The van der Waals surface area contributed by atoms with Gasteiger partial charge in [0.2, 0.25) is 17.7 Å². The van der Waals surface area contributed by atoms with Crippen molar-refractivity contribution < 1.29 is 14.1 Å². The third-order valence-electron chi connectivity index (χ3n) is 5.38. The zero-order valence-corrected chi connectivity index (χ0v) is 17.7. The van der Waals surface area contributed by atoms with Crippen LogP contribution >= 0.6 is 0 Å². The van der Waals surface area contributed by atoms with Crippen LogP contribution in [0.2, 0.25) is 0 Å². The Kier molecular flexibility index (Phi) is 6.66. The maximum atomic E-state index is 12.8. The number of hydrogen-bond donors (Lipinski definition) is 0. The fourth-order valence-corrected chi connectivity index (χ4v) is 3.96. The lowest BCUT2D eigenvalue weighted by atomic mass is 10.0. The maximum Gasteiger partial charge on any atom is 0.224 e. The van der Waals surface area contributed by atoms with Crippen molar-refractivity contribution >= 4 is 11.8 Å². The van der Waals surface area contributed by atoms with Crippen molar-refractivity contribution in [2.24, 2.45) is 0 Å². The molecule has 3 rings (SSSR count). The summed E-state index contributed by atoms with van der Waals surface area (Å²) < 4.78 is 6.88. The Morgan fingerprint density at radius 3 is 2.72 bits per heavy atom. The minimum atomic E-state index is 0.00663. The Hall–Kier alpha value is -2.71. The van der Waals surface area contributed by atoms with Gasteiger partial charge < -0.3 is 14.3 Å². The Morgan fingerprint density at radius 1 is 1.31 bits per heavy atom. The molecular formula is C20H30N6O3. The van der Waals surface area contributed by atoms with Crippen molar-refractivity contribution in [3.05, 3.63) is 29.2 Å². The highest BCUT2D eigenvalue weighted by atomic mass is 16.5. The van der Waals surface area contributed by atoms with Crippen molar-refractivity contribution in [3.8, 4) is 0 Å². The maximum absolute atomic E-state index is 12.8. The Bertz CT molecular complexity index is 858. The monoisotopic (exact) mass is 402 g/mol. The van der Waals surface area contributed by atoms with Crippen LogP contribution in [0.3, 0.4) is 0 Å². The molecule has 29 heavy (non-hydrogen) atoms. The van der Waals surface area contributed by atoms with Gasteiger partial charge in [0, 0.05) is 64.6 Å². The summed E-state index contributed by atoms with van der Waals surface area (Å²) in [4.78, 5) is 32.9. The van der Waals surface area contributed by atoms with Gasteiger partial charge in [0.15, 0.2) is 5.82 Å². The number of likely N-dealkylation sites (tertiary alicyclic amines) is 1. The first-order chi connectivity index (χ1) is 13.8. The number of amides is 2. The van der Waals surface area contributed by atoms with Crippen LogP contribution in [-0.2, 0) is 22.6 Å². The summed E-state index contributed by atoms with van der Waals surface area (Å²) in [5.74, 6) is 1.24. The molecule has 1 unspecified atom stereocenters. The molecular weight excluding hydrogens is 372 g/mol. The number of aromatic nitrogens is 4. The van der Waals surface area contributed by atoms with Gasteiger partial charge in [-0.1, -0.05) is 5.16 Å². The molecule has 0 aromatic carbocycles. The molecule has 1 atom stereocenters. The first-order valence-electron chi connectivity index (χ1n) is 10.2. The summed E-state index contributed by atoms with van der Waals surface area (Å²) in [6.07, 6.45) is 2.74. The molecule has 1 aliphatic rings. The predicted molar refractivity (Wildman–Crippen MR) is 106 cm³/mol. The van der Waals surface area contributed by atoms with Crippen molar-refractivity contribution in [1.29, 1.82) is 0 Å². The second-order valence-corrected chi connectivity index (χ2v) is 7.73. The van der Waals surface area contributed by atoms with E-state index in [2.05, 4.69) is 15.2 Å². The average Bonchev–Trinajstić information content (AvgIpc) is 3.24. The quantitative estimate of drug-likeness (QED) is 0.699. The van der Waals surface area contributed by atoms with E-state index in [9.17, 15) is 9.59 Å². The molecule has 9 nitrogen and oxygen atoms in total. The van der Waals surface area contributed by atoms with Gasteiger partial charge in [-0.15, -0.1) is 0 Å². The summed E-state index contributed by atoms with van der Waals surface area (Å²) in [5.41, 5.74) is 2.02. The lowest BCUT2D eigenvalue weighted by Crippen LogP contribution is -2.51. The third kappa shape index (κ3) is 5.42. The second kappa shape index (κ2) is 9.19. The van der Waals surface area contributed by atoms with E-state index in [4.69, 9.17) is 4.52 Å². The number of piperidine rings is 1. The zero-order chi connectivity index (χ0) is 21.0. The van der Waals surface area contributed by atoms with Crippen LogP contribution in [0.1, 0.15) is 49.3 Å². The van der Waals surface area contributed by atoms with E-state index in [1.165, 1.54) is 0 Å². The van der Waals surface area contributed by atoms with Gasteiger partial charge >= 0.3 is 0 Å². The van der Waals surface area contributed by atoms with E-state index in [1.54, 1.807) is 13.8 Å². The molecule has 1 saturated heterocycles. The molecule has 0 N–H and O–H groups in total. The van der Waals surface area contributed by atoms with E-state index in [-0.39, 0.29) is 17.9 Å². The molecule has 2 amide bonds. The van der Waals surface area contributed by atoms with E-state index < -0.39 is 0 Å². The van der Waals surface area contributed by atoms with Gasteiger partial charge in [-0.3, -0.25) is 14.3 Å². The van der Waals surface area contributed by atoms with Crippen LogP contribution in [0.5, 0.6) is 0 Å². The smallest absolute Gasteiger partial charge is 0.224 e. The zero-order valence-electron chi connectivity index (χ0n) is 17.7. The van der Waals surface area contributed by atoms with Gasteiger partial charge in [-0.05, 0) is 32.8 Å². The van der Waals surface area contributed by atoms with Gasteiger partial charge in [-0.2, -0.15) is 10.1 Å². The van der Waals surface area contributed by atoms with Crippen LogP contribution in [0.25, 0.3) is 0 Å². The van der Waals surface area contributed by atoms with Crippen LogP contribution in [0.15, 0.2) is 10.6 Å². The number of aryl methyl sites for hydroxylation is 4. The molecule has 2 aromatic heterocycles. The van der Waals surface area contributed by atoms with Crippen LogP contribution < -0.4 is 0 Å². The van der Waals surface area contributed by atoms with Gasteiger partial charge in [0.05, 0.1) is 5.69 Å². The SMILES string of the molecule is CC(=O)N(CCc1noc(C)n1)C1CCCN(C(=O)CCn2nc(C)cc2C)C1. The van der Waals surface area contributed by atoms with Gasteiger partial charge in [0.1, 0.15) is 0 Å². The molecule has 158 valence electrons. The topological polar surface area (TPSA) is 97.4 Å². The van der Waals surface area contributed by atoms with Gasteiger partial charge in [-0.25, -0.2) is 0 Å². The van der Waals surface area contributed by atoms with E-state index >= 15 is 0 Å². The lowest BCUT2D eigenvalue weighted by molar-refractivity contribution is -0.138. The Morgan fingerprint density at radius 2 is 2.10 bits per heavy atom. The van der Waals surface area contributed by atoms with Crippen LogP contribution in [0.4, 0.5) is 0 Å². The molecule has 3 heterocycles. The standard InChI is InChI=1S/C20H30N6O3/c1-14-12-15(2)26(22-14)11-8-20(28)24-9-5-6-18(13-24)25(17(4)27)10-7-19-21-16(3)29-23-19/h12,18H,5-11,13H2,1-4H3. The molecule has 0 radical (unpaired) electrons. The summed E-state index contributed by atoms with van der Waals surface area (Å²) in [7, 11) is 0. The molecule has 2 aromatic rings. The summed E-state index contributed by atoms with van der Waals surface area (Å²) in [6, 6.07) is 2.03. The molecule has 0 saturated carbocycles. The largest absolute Gasteiger partial charge is 0.341 e. The predicted octanol–water partition coefficient (Wildman–Crippen LogP) is 1.66. The fraction of sp³-hybridized carbons (Fsp3) is 0.650. The minimum Gasteiger partial charge on any atom is -0.341 e. The van der Waals surface area contributed by atoms with Crippen LogP contribution in [0, 0.1) is 20.8 Å². The molecule has 0 spiro atoms. The number of rotatable bonds is 7. The highest BCUT2D eigenvalue weighted by Gasteiger charge is 2.29. The highest BCUT2D eigenvalue weighted by molar-refractivity contribution is 5.77. The van der Waals surface area contributed by atoms with Crippen molar-refractivity contribution in [2.75, 3.05) is 19.6 Å². The van der Waals surface area contributed by atoms with Gasteiger partial charge in [0.25, 0.3) is 0 Å². The van der Waals surface area contributed by atoms with E-state index in [1.807, 2.05) is 34.4 Å². The number of carbonyl (C=O) groups is 2. The summed E-state index contributed by atoms with van der Waals surface area (Å²) in [5, 5.41) is 8.32. The molecule has 0 bridgehead atoms. The van der Waals surface area contributed by atoms with E-state index in [0.29, 0.717) is 44.2 Å². The normalized spacial score (nSPS) is 16.8. The van der Waals surface area contributed by atoms with Crippen LogP contribution in [-0.4, -0.2) is 67.2 Å². The summed E-state index contributed by atoms with van der Waals surface area (Å²) in [6.45, 7) is 9.67. The summed E-state index contributed by atoms with van der Waals surface area (Å²) >= 11 is 0. The highest BCUT2D eigenvalue weighted by Crippen LogP contribution is 2.18. The Labute approximate surface area is 171 Å². The fourth-order valence-electron chi connectivity index (χ4n) is 3.96. The Balaban J connectivity index is 1.56. The first-order valence-corrected chi connectivity index (χ1v) is 10.2. The average molecular weight is 402 g/mol. The minimum absolute atomic E-state index is 0.00663. The number of carbonyl (C=O) groups excluding carboxylic acids is 2. The van der Waals surface area contributed by atoms with E-state index in [0.717, 1.165) is 30.8 Å². The first kappa shape index (κ1) is 21.0. The van der Waals surface area contributed by atoms with Crippen molar-refractivity contribution in [3.63, 3.8) is 0 Å². The van der Waals surface area contributed by atoms with Crippen molar-refractivity contribution in [1.82, 2.24) is 29.7 Å². The second-order valence-electron chi connectivity index (χ2n) is 7.73. The van der Waals surface area contributed by atoms with Crippen molar-refractivity contribution in [2.45, 2.75) is 66.0 Å². The molecule has 1 fully saturated rings. The molecule has 0 aliphatic carbocycles. The molecule has 1 aliphatic heterocycles. The number of hydrogen-bond acceptors (Lipinski definition) is 6. The number of nitrogens with zero attached hydrogens (tertiary/aromatic N) is 6. The third-order valence-corrected chi connectivity index (χ3v) is 5.38. The molecule has 9 heteroatoms. The lowest BCUT2D eigenvalue weighted by Gasteiger charge is -2.39.